The first-order chi connectivity index (χ1) is 9.54. The maximum absolute atomic E-state index is 12.1. The summed E-state index contributed by atoms with van der Waals surface area (Å²) in [6.45, 7) is 6.41. The zero-order valence-electron chi connectivity index (χ0n) is 12.1. The number of nitrogens with zero attached hydrogens (tertiary/aromatic N) is 2. The fraction of sp³-hybridized carbons (Fsp3) is 0.533. The number of nitrogens with one attached hydrogen (secondary N) is 1. The number of hydrogen-bond acceptors (Lipinski definition) is 3. The second kappa shape index (κ2) is 7.07. The maximum Gasteiger partial charge on any atom is 0.234 e. The number of rotatable bonds is 4. The molecular weight excluding hydrogens is 274 g/mol. The van der Waals surface area contributed by atoms with Gasteiger partial charge in [-0.25, -0.2) is 0 Å². The highest BCUT2D eigenvalue weighted by Crippen LogP contribution is 2.17. The molecule has 5 heteroatoms. The Balaban J connectivity index is 1.82. The molecule has 4 nitrogen and oxygen atoms in total. The SMILES string of the molecule is C[C@H](NC(=O)CN1CCN(C)CC1)c1cccc(Cl)c1. The number of benzene rings is 1. The molecule has 0 radical (unpaired) electrons. The third-order valence-corrected chi connectivity index (χ3v) is 3.92. The molecule has 1 aliphatic rings. The smallest absolute Gasteiger partial charge is 0.234 e. The summed E-state index contributed by atoms with van der Waals surface area (Å²) >= 11 is 5.97. The second-order valence-electron chi connectivity index (χ2n) is 5.42. The van der Waals surface area contributed by atoms with Crippen LogP contribution in [0.4, 0.5) is 0 Å². The van der Waals surface area contributed by atoms with Crippen molar-refractivity contribution in [2.75, 3.05) is 39.8 Å². The van der Waals surface area contributed by atoms with Crippen LogP contribution in [-0.4, -0.2) is 55.5 Å². The number of hydrogen-bond donors (Lipinski definition) is 1. The molecule has 110 valence electrons. The van der Waals surface area contributed by atoms with Crippen molar-refractivity contribution in [3.8, 4) is 0 Å². The van der Waals surface area contributed by atoms with E-state index in [9.17, 15) is 4.79 Å². The van der Waals surface area contributed by atoms with Gasteiger partial charge in [0.15, 0.2) is 0 Å². The standard InChI is InChI=1S/C15H22ClN3O/c1-12(13-4-3-5-14(16)10-13)17-15(20)11-19-8-6-18(2)7-9-19/h3-5,10,12H,6-9,11H2,1-2H3,(H,17,20)/t12-/m0/s1. The highest BCUT2D eigenvalue weighted by atomic mass is 35.5. The molecule has 1 aromatic rings. The summed E-state index contributed by atoms with van der Waals surface area (Å²) in [5, 5.41) is 3.73. The molecule has 20 heavy (non-hydrogen) atoms. The van der Waals surface area contributed by atoms with Crippen LogP contribution in [0.15, 0.2) is 24.3 Å². The quantitative estimate of drug-likeness (QED) is 0.919. The van der Waals surface area contributed by atoms with Gasteiger partial charge >= 0.3 is 0 Å². The van der Waals surface area contributed by atoms with Crippen molar-refractivity contribution in [2.45, 2.75) is 13.0 Å². The molecular formula is C15H22ClN3O. The third-order valence-electron chi connectivity index (χ3n) is 3.69. The number of piperazine rings is 1. The lowest BCUT2D eigenvalue weighted by atomic mass is 10.1. The average molecular weight is 296 g/mol. The Morgan fingerprint density at radius 3 is 2.70 bits per heavy atom. The van der Waals surface area contributed by atoms with Gasteiger partial charge < -0.3 is 10.2 Å². The van der Waals surface area contributed by atoms with E-state index in [-0.39, 0.29) is 11.9 Å². The van der Waals surface area contributed by atoms with E-state index in [1.807, 2.05) is 31.2 Å². The molecule has 0 aromatic heterocycles. The van der Waals surface area contributed by atoms with E-state index in [0.717, 1.165) is 31.7 Å². The van der Waals surface area contributed by atoms with Crippen LogP contribution in [0, 0.1) is 0 Å². The lowest BCUT2D eigenvalue weighted by Gasteiger charge is -2.32. The predicted octanol–water partition coefficient (Wildman–Crippen LogP) is 1.76. The predicted molar refractivity (Wildman–Crippen MR) is 81.9 cm³/mol. The fourth-order valence-corrected chi connectivity index (χ4v) is 2.55. The molecule has 1 saturated heterocycles. The third kappa shape index (κ3) is 4.47. The van der Waals surface area contributed by atoms with Gasteiger partial charge in [-0.1, -0.05) is 23.7 Å². The Morgan fingerprint density at radius 2 is 2.05 bits per heavy atom. The number of amides is 1. The van der Waals surface area contributed by atoms with Crippen LogP contribution in [0.2, 0.25) is 5.02 Å². The summed E-state index contributed by atoms with van der Waals surface area (Å²) in [7, 11) is 2.11. The van der Waals surface area contributed by atoms with E-state index in [2.05, 4.69) is 22.2 Å². The van der Waals surface area contributed by atoms with Crippen LogP contribution in [-0.2, 0) is 4.79 Å². The minimum atomic E-state index is -0.0198. The first kappa shape index (κ1) is 15.3. The van der Waals surface area contributed by atoms with Crippen molar-refractivity contribution >= 4 is 17.5 Å². The van der Waals surface area contributed by atoms with E-state index in [0.29, 0.717) is 11.6 Å². The summed E-state index contributed by atoms with van der Waals surface area (Å²) in [6, 6.07) is 7.59. The molecule has 0 aliphatic carbocycles. The lowest BCUT2D eigenvalue weighted by molar-refractivity contribution is -0.123. The largest absolute Gasteiger partial charge is 0.348 e. The van der Waals surface area contributed by atoms with Gasteiger partial charge in [-0.3, -0.25) is 9.69 Å². The molecule has 1 aromatic carbocycles. The van der Waals surface area contributed by atoms with Gasteiger partial charge in [0.1, 0.15) is 0 Å². The first-order valence-electron chi connectivity index (χ1n) is 7.00. The zero-order valence-corrected chi connectivity index (χ0v) is 12.9. The lowest BCUT2D eigenvalue weighted by Crippen LogP contribution is -2.48. The highest BCUT2D eigenvalue weighted by molar-refractivity contribution is 6.30. The van der Waals surface area contributed by atoms with Crippen LogP contribution >= 0.6 is 11.6 Å². The van der Waals surface area contributed by atoms with Gasteiger partial charge in [-0.05, 0) is 31.7 Å². The Labute approximate surface area is 125 Å². The van der Waals surface area contributed by atoms with Crippen molar-refractivity contribution in [3.63, 3.8) is 0 Å². The van der Waals surface area contributed by atoms with E-state index >= 15 is 0 Å². The Hall–Kier alpha value is -1.10. The van der Waals surface area contributed by atoms with Gasteiger partial charge in [-0.2, -0.15) is 0 Å². The molecule has 0 bridgehead atoms. The van der Waals surface area contributed by atoms with Crippen molar-refractivity contribution < 1.29 is 4.79 Å². The summed E-state index contributed by atoms with van der Waals surface area (Å²) < 4.78 is 0. The number of halogens is 1. The Bertz CT molecular complexity index is 458. The number of likely N-dealkylation sites (N-methyl/N-ethyl adjacent to an activating group) is 1. The van der Waals surface area contributed by atoms with Gasteiger partial charge in [0, 0.05) is 31.2 Å². The van der Waals surface area contributed by atoms with Crippen molar-refractivity contribution in [1.82, 2.24) is 15.1 Å². The van der Waals surface area contributed by atoms with Crippen molar-refractivity contribution in [2.24, 2.45) is 0 Å². The van der Waals surface area contributed by atoms with Crippen LogP contribution in [0.25, 0.3) is 0 Å². The minimum Gasteiger partial charge on any atom is -0.348 e. The summed E-state index contributed by atoms with van der Waals surface area (Å²) in [6.07, 6.45) is 0. The molecule has 1 N–H and O–H groups in total. The van der Waals surface area contributed by atoms with Gasteiger partial charge in [-0.15, -0.1) is 0 Å². The fourth-order valence-electron chi connectivity index (χ4n) is 2.36. The molecule has 1 fully saturated rings. The van der Waals surface area contributed by atoms with Crippen LogP contribution in [0.5, 0.6) is 0 Å². The molecule has 1 heterocycles. The van der Waals surface area contributed by atoms with Gasteiger partial charge in [0.25, 0.3) is 0 Å². The number of carbonyl (C=O) groups is 1. The molecule has 1 amide bonds. The monoisotopic (exact) mass is 295 g/mol. The van der Waals surface area contributed by atoms with Gasteiger partial charge in [0.05, 0.1) is 12.6 Å². The zero-order chi connectivity index (χ0) is 14.5. The molecule has 1 atom stereocenters. The maximum atomic E-state index is 12.1. The minimum absolute atomic E-state index is 0.0198. The van der Waals surface area contributed by atoms with E-state index in [4.69, 9.17) is 11.6 Å². The van der Waals surface area contributed by atoms with Crippen molar-refractivity contribution in [1.29, 1.82) is 0 Å². The van der Waals surface area contributed by atoms with E-state index in [1.54, 1.807) is 0 Å². The summed E-state index contributed by atoms with van der Waals surface area (Å²) in [5.41, 5.74) is 1.03. The molecule has 0 unspecified atom stereocenters. The summed E-state index contributed by atoms with van der Waals surface area (Å²) in [5.74, 6) is 0.0713. The van der Waals surface area contributed by atoms with Gasteiger partial charge in [0.2, 0.25) is 5.91 Å². The normalized spacial score (nSPS) is 18.8. The van der Waals surface area contributed by atoms with Crippen LogP contribution in [0.1, 0.15) is 18.5 Å². The summed E-state index contributed by atoms with van der Waals surface area (Å²) in [4.78, 5) is 16.5. The topological polar surface area (TPSA) is 35.6 Å². The highest BCUT2D eigenvalue weighted by Gasteiger charge is 2.17. The van der Waals surface area contributed by atoms with Crippen molar-refractivity contribution in [3.05, 3.63) is 34.9 Å². The molecule has 0 spiro atoms. The van der Waals surface area contributed by atoms with E-state index < -0.39 is 0 Å². The Morgan fingerprint density at radius 1 is 1.35 bits per heavy atom. The van der Waals surface area contributed by atoms with Crippen LogP contribution < -0.4 is 5.32 Å². The average Bonchev–Trinajstić information content (AvgIpc) is 2.41. The van der Waals surface area contributed by atoms with Crippen LogP contribution in [0.3, 0.4) is 0 Å². The molecule has 1 aliphatic heterocycles. The number of carbonyl (C=O) groups excluding carboxylic acids is 1. The molecule has 2 rings (SSSR count). The Kier molecular flexibility index (Phi) is 5.40. The molecule has 0 saturated carbocycles. The first-order valence-corrected chi connectivity index (χ1v) is 7.38. The van der Waals surface area contributed by atoms with E-state index in [1.165, 1.54) is 0 Å². The second-order valence-corrected chi connectivity index (χ2v) is 5.86.